The van der Waals surface area contributed by atoms with Crippen molar-refractivity contribution in [2.24, 2.45) is 13.0 Å². The van der Waals surface area contributed by atoms with E-state index in [1.807, 2.05) is 24.5 Å². The predicted molar refractivity (Wildman–Crippen MR) is 279 cm³/mol. The first-order valence-electron chi connectivity index (χ1n) is 25.0. The van der Waals surface area contributed by atoms with Gasteiger partial charge in [0.15, 0.2) is 0 Å². The molecular formula is C57H86N6O2. The van der Waals surface area contributed by atoms with Gasteiger partial charge in [-0.1, -0.05) is 135 Å². The van der Waals surface area contributed by atoms with E-state index in [9.17, 15) is 4.79 Å². The lowest BCUT2D eigenvalue weighted by atomic mass is 9.86. The average molecular weight is 887 g/mol. The molecule has 4 heterocycles. The standard InChI is InChI=1S/C24H35NO.C16H21N3.C9H12N2O.C8H18/c1-7-9-19(10-8-2)20-12-14-22-23(16-25(6)24(22)15-20)21(17(3)4)13-11-18(5)26;1-4-6-13-11-17-16(19-15(13)5-2)18-14-9-7-12(3)8-10-14;1-6-5-11-9-8(7(6)2)10-3-4-12-9;1-4-6-8(3)7-5-2/h12,14-16,19,21H,3,7-11,13H2,1-2,4-6H3;7-11H,4-6H2,1-3H3,(H,17,18,19);5,10H,3-4H2,1-2H3;8H,4-7H2,1-3H3. The molecule has 1 aliphatic heterocycles. The third-order valence-corrected chi connectivity index (χ3v) is 12.4. The van der Waals surface area contributed by atoms with Crippen LogP contribution in [0.1, 0.15) is 184 Å². The number of anilines is 3. The summed E-state index contributed by atoms with van der Waals surface area (Å²) in [4.78, 5) is 24.7. The molecule has 0 bridgehead atoms. The Labute approximate surface area is 394 Å². The van der Waals surface area contributed by atoms with E-state index in [-0.39, 0.29) is 11.7 Å². The Bertz CT molecular complexity index is 2180. The summed E-state index contributed by atoms with van der Waals surface area (Å²) in [5.41, 5.74) is 13.4. The minimum Gasteiger partial charge on any atom is -0.474 e. The predicted octanol–water partition coefficient (Wildman–Crippen LogP) is 15.7. The number of aromatic nitrogens is 4. The van der Waals surface area contributed by atoms with Gasteiger partial charge >= 0.3 is 0 Å². The molecule has 0 spiro atoms. The van der Waals surface area contributed by atoms with Crippen LogP contribution in [0.15, 0.2) is 73.2 Å². The maximum Gasteiger partial charge on any atom is 0.237 e. The van der Waals surface area contributed by atoms with Crippen molar-refractivity contribution in [3.05, 3.63) is 112 Å². The fraction of sp³-hybridized carbons (Fsp3) is 0.544. The van der Waals surface area contributed by atoms with Crippen LogP contribution in [0.3, 0.4) is 0 Å². The first-order chi connectivity index (χ1) is 31.2. The van der Waals surface area contributed by atoms with Gasteiger partial charge in [0, 0.05) is 66.8 Å². The number of ketones is 1. The van der Waals surface area contributed by atoms with E-state index >= 15 is 0 Å². The van der Waals surface area contributed by atoms with E-state index in [0.717, 1.165) is 66.7 Å². The van der Waals surface area contributed by atoms with Crippen LogP contribution in [-0.4, -0.2) is 38.5 Å². The van der Waals surface area contributed by atoms with E-state index in [1.54, 1.807) is 6.92 Å². The molecule has 0 radical (unpaired) electrons. The van der Waals surface area contributed by atoms with Gasteiger partial charge in [-0.05, 0) is 125 Å². The molecule has 3 aromatic heterocycles. The van der Waals surface area contributed by atoms with Gasteiger partial charge in [0.1, 0.15) is 18.1 Å². The fourth-order valence-electron chi connectivity index (χ4n) is 8.65. The molecule has 0 saturated heterocycles. The Morgan fingerprint density at radius 2 is 1.52 bits per heavy atom. The number of fused-ring (bicyclic) bond motifs is 2. The minimum atomic E-state index is 0.246. The molecule has 0 amide bonds. The van der Waals surface area contributed by atoms with Crippen molar-refractivity contribution < 1.29 is 9.53 Å². The van der Waals surface area contributed by atoms with Crippen molar-refractivity contribution in [3.8, 4) is 5.88 Å². The molecule has 65 heavy (non-hydrogen) atoms. The van der Waals surface area contributed by atoms with Gasteiger partial charge < -0.3 is 24.7 Å². The third kappa shape index (κ3) is 17.4. The SMILES string of the molecule is C=C(C)C(CCC(C)=O)c1cn(C)c2cc(C(CCC)CCC)ccc12.CCCC(C)CCC.CCCc1cnc(Nc2ccc(C)cc2)nc1CC.Cc1cnc2c(c1C)NCCO2. The molecule has 1 aliphatic rings. The number of aryl methyl sites for hydroxylation is 5. The third-order valence-electron chi connectivity index (χ3n) is 12.4. The molecule has 0 fully saturated rings. The van der Waals surface area contributed by atoms with Crippen LogP contribution in [0.4, 0.5) is 17.3 Å². The average Bonchev–Trinajstić information content (AvgIpc) is 3.61. The lowest BCUT2D eigenvalue weighted by Crippen LogP contribution is -2.20. The number of carbonyl (C=O) groups is 1. The summed E-state index contributed by atoms with van der Waals surface area (Å²) in [5.74, 6) is 3.54. The van der Waals surface area contributed by atoms with Gasteiger partial charge in [-0.25, -0.2) is 15.0 Å². The molecule has 0 saturated carbocycles. The summed E-state index contributed by atoms with van der Waals surface area (Å²) in [6, 6.07) is 15.2. The van der Waals surface area contributed by atoms with Crippen molar-refractivity contribution in [1.82, 2.24) is 19.5 Å². The monoisotopic (exact) mass is 887 g/mol. The number of carbonyl (C=O) groups excluding carboxylic acids is 1. The Morgan fingerprint density at radius 1 is 0.862 bits per heavy atom. The lowest BCUT2D eigenvalue weighted by Gasteiger charge is -2.20. The second-order valence-corrected chi connectivity index (χ2v) is 18.4. The summed E-state index contributed by atoms with van der Waals surface area (Å²) in [7, 11) is 2.13. The number of benzene rings is 2. The Balaban J connectivity index is 0.000000250. The summed E-state index contributed by atoms with van der Waals surface area (Å²) in [5, 5.41) is 7.84. The van der Waals surface area contributed by atoms with Crippen molar-refractivity contribution >= 4 is 34.0 Å². The van der Waals surface area contributed by atoms with E-state index in [4.69, 9.17) is 4.74 Å². The van der Waals surface area contributed by atoms with Gasteiger partial charge in [-0.2, -0.15) is 0 Å². The maximum atomic E-state index is 11.5. The lowest BCUT2D eigenvalue weighted by molar-refractivity contribution is -0.117. The van der Waals surface area contributed by atoms with Gasteiger partial charge in [-0.3, -0.25) is 0 Å². The van der Waals surface area contributed by atoms with E-state index < -0.39 is 0 Å². The maximum absolute atomic E-state index is 11.5. The van der Waals surface area contributed by atoms with Crippen LogP contribution < -0.4 is 15.4 Å². The minimum absolute atomic E-state index is 0.246. The van der Waals surface area contributed by atoms with Crippen LogP contribution in [-0.2, 0) is 24.7 Å². The van der Waals surface area contributed by atoms with Crippen molar-refractivity contribution in [3.63, 3.8) is 0 Å². The summed E-state index contributed by atoms with van der Waals surface area (Å²) < 4.78 is 7.63. The number of Topliss-reactive ketones (excluding diaryl/α,β-unsaturated/α-hetero) is 1. The van der Waals surface area contributed by atoms with E-state index in [2.05, 4.69) is 156 Å². The van der Waals surface area contributed by atoms with Crippen LogP contribution >= 0.6 is 0 Å². The summed E-state index contributed by atoms with van der Waals surface area (Å²) >= 11 is 0. The van der Waals surface area contributed by atoms with Gasteiger partial charge in [0.25, 0.3) is 0 Å². The number of allylic oxidation sites excluding steroid dienone is 1. The Kier molecular flexibility index (Phi) is 24.1. The van der Waals surface area contributed by atoms with Crippen molar-refractivity contribution in [2.45, 2.75) is 178 Å². The number of hydrogen-bond donors (Lipinski definition) is 2. The normalized spacial score (nSPS) is 12.1. The molecule has 8 nitrogen and oxygen atoms in total. The number of nitrogens with zero attached hydrogens (tertiary/aromatic N) is 4. The topological polar surface area (TPSA) is 94.0 Å². The highest BCUT2D eigenvalue weighted by atomic mass is 16.5. The smallest absolute Gasteiger partial charge is 0.237 e. The molecule has 6 rings (SSSR count). The Hall–Kier alpha value is -4.98. The Morgan fingerprint density at radius 3 is 2.11 bits per heavy atom. The zero-order valence-corrected chi connectivity index (χ0v) is 42.9. The fourth-order valence-corrected chi connectivity index (χ4v) is 8.65. The van der Waals surface area contributed by atoms with Crippen molar-refractivity contribution in [1.29, 1.82) is 0 Å². The number of hydrogen-bond acceptors (Lipinski definition) is 7. The summed E-state index contributed by atoms with van der Waals surface area (Å²) in [6.45, 7) is 31.5. The second-order valence-electron chi connectivity index (χ2n) is 18.4. The largest absolute Gasteiger partial charge is 0.474 e. The number of rotatable bonds is 19. The highest BCUT2D eigenvalue weighted by Crippen LogP contribution is 2.37. The number of nitrogens with one attached hydrogen (secondary N) is 2. The first-order valence-corrected chi connectivity index (χ1v) is 25.0. The van der Waals surface area contributed by atoms with Gasteiger partial charge in [0.2, 0.25) is 11.8 Å². The zero-order valence-electron chi connectivity index (χ0n) is 42.9. The molecular weight excluding hydrogens is 801 g/mol. The van der Waals surface area contributed by atoms with Gasteiger partial charge in [0.05, 0.1) is 0 Å². The zero-order chi connectivity index (χ0) is 47.9. The van der Waals surface area contributed by atoms with Crippen molar-refractivity contribution in [2.75, 3.05) is 23.8 Å². The molecule has 0 aliphatic carbocycles. The molecule has 1 unspecified atom stereocenters. The molecule has 2 N–H and O–H groups in total. The highest BCUT2D eigenvalue weighted by Gasteiger charge is 2.20. The first kappa shape index (κ1) is 54.4. The molecule has 5 aromatic rings. The highest BCUT2D eigenvalue weighted by molar-refractivity contribution is 5.86. The molecule has 1 atom stereocenters. The summed E-state index contributed by atoms with van der Waals surface area (Å²) in [6.07, 6.45) is 21.1. The second kappa shape index (κ2) is 28.8. The number of pyridine rings is 1. The van der Waals surface area contributed by atoms with Crippen LogP contribution in [0.2, 0.25) is 0 Å². The quantitative estimate of drug-likeness (QED) is 0.0798. The van der Waals surface area contributed by atoms with Crippen LogP contribution in [0, 0.1) is 26.7 Å². The number of ether oxygens (including phenoxy) is 1. The van der Waals surface area contributed by atoms with Gasteiger partial charge in [-0.15, -0.1) is 0 Å². The van der Waals surface area contributed by atoms with Crippen LogP contribution in [0.5, 0.6) is 5.88 Å². The molecule has 356 valence electrons. The van der Waals surface area contributed by atoms with E-state index in [1.165, 1.54) is 95.7 Å². The molecule has 2 aromatic carbocycles. The molecule has 8 heteroatoms. The van der Waals surface area contributed by atoms with Crippen LogP contribution in [0.25, 0.3) is 10.9 Å². The van der Waals surface area contributed by atoms with E-state index in [0.29, 0.717) is 24.9 Å².